The van der Waals surface area contributed by atoms with E-state index in [1.165, 1.54) is 0 Å². The van der Waals surface area contributed by atoms with E-state index in [0.29, 0.717) is 10.6 Å². The number of rotatable bonds is 4. The second-order valence-corrected chi connectivity index (χ2v) is 5.41. The molecule has 0 unspecified atom stereocenters. The molecule has 0 atom stereocenters. The molecule has 0 spiro atoms. The molecule has 0 radical (unpaired) electrons. The van der Waals surface area contributed by atoms with Crippen LogP contribution in [-0.4, -0.2) is 12.5 Å². The summed E-state index contributed by atoms with van der Waals surface area (Å²) >= 11 is 5.97. The first-order chi connectivity index (χ1) is 10.0. The molecule has 0 saturated carbocycles. The highest BCUT2D eigenvalue weighted by Gasteiger charge is 2.11. The van der Waals surface area contributed by atoms with Gasteiger partial charge in [-0.3, -0.25) is 4.79 Å². The summed E-state index contributed by atoms with van der Waals surface area (Å²) in [7, 11) is 0. The van der Waals surface area contributed by atoms with Crippen LogP contribution in [0.25, 0.3) is 0 Å². The number of carbonyl (C=O) groups excluding carboxylic acids is 1. The maximum Gasteiger partial charge on any atom is 0.255 e. The molecule has 0 fully saturated rings. The van der Waals surface area contributed by atoms with Gasteiger partial charge in [-0.2, -0.15) is 0 Å². The smallest absolute Gasteiger partial charge is 0.255 e. The van der Waals surface area contributed by atoms with Gasteiger partial charge in [0.05, 0.1) is 0 Å². The Morgan fingerprint density at radius 2 is 1.86 bits per heavy atom. The van der Waals surface area contributed by atoms with Gasteiger partial charge in [-0.25, -0.2) is 0 Å². The lowest BCUT2D eigenvalue weighted by Crippen LogP contribution is -2.14. The van der Waals surface area contributed by atoms with Crippen LogP contribution in [0.4, 0.5) is 11.4 Å². The van der Waals surface area contributed by atoms with E-state index in [-0.39, 0.29) is 5.91 Å². The Labute approximate surface area is 130 Å². The molecule has 0 saturated heterocycles. The van der Waals surface area contributed by atoms with Gasteiger partial charge in [0.2, 0.25) is 0 Å². The van der Waals surface area contributed by atoms with E-state index in [9.17, 15) is 4.79 Å². The summed E-state index contributed by atoms with van der Waals surface area (Å²) in [4.78, 5) is 12.4. The molecule has 0 aromatic heterocycles. The first kappa shape index (κ1) is 15.4. The maximum atomic E-state index is 12.4. The number of hydrogen-bond acceptors (Lipinski definition) is 2. The number of benzene rings is 2. The largest absolute Gasteiger partial charge is 0.385 e. The Morgan fingerprint density at radius 3 is 2.52 bits per heavy atom. The molecule has 0 heterocycles. The fourth-order valence-corrected chi connectivity index (χ4v) is 2.32. The average molecular weight is 303 g/mol. The van der Waals surface area contributed by atoms with E-state index in [1.807, 2.05) is 51.1 Å². The van der Waals surface area contributed by atoms with Crippen LogP contribution in [0.5, 0.6) is 0 Å². The summed E-state index contributed by atoms with van der Waals surface area (Å²) < 4.78 is 0. The standard InChI is InChI=1S/C17H19ClN2O/c1-4-19-14-7-8-15(12(3)9-14)17(21)20-16-10-13(18)6-5-11(16)2/h5-10,19H,4H2,1-3H3,(H,20,21). The van der Waals surface area contributed by atoms with E-state index in [1.54, 1.807) is 6.07 Å². The zero-order chi connectivity index (χ0) is 15.4. The minimum atomic E-state index is -0.124. The number of amides is 1. The average Bonchev–Trinajstić information content (AvgIpc) is 2.43. The van der Waals surface area contributed by atoms with Crippen molar-refractivity contribution in [2.75, 3.05) is 17.2 Å². The summed E-state index contributed by atoms with van der Waals surface area (Å²) in [6, 6.07) is 11.2. The fraction of sp³-hybridized carbons (Fsp3) is 0.235. The molecule has 21 heavy (non-hydrogen) atoms. The number of aryl methyl sites for hydroxylation is 2. The molecular weight excluding hydrogens is 284 g/mol. The van der Waals surface area contributed by atoms with Gasteiger partial charge in [0.15, 0.2) is 0 Å². The monoisotopic (exact) mass is 302 g/mol. The summed E-state index contributed by atoms with van der Waals surface area (Å²) in [5.74, 6) is -0.124. The molecule has 2 aromatic carbocycles. The number of anilines is 2. The fourth-order valence-electron chi connectivity index (χ4n) is 2.15. The van der Waals surface area contributed by atoms with Crippen LogP contribution in [0.2, 0.25) is 5.02 Å². The molecule has 1 amide bonds. The van der Waals surface area contributed by atoms with Crippen LogP contribution < -0.4 is 10.6 Å². The number of halogens is 1. The van der Waals surface area contributed by atoms with Gasteiger partial charge in [-0.15, -0.1) is 0 Å². The van der Waals surface area contributed by atoms with Crippen LogP contribution in [0.3, 0.4) is 0 Å². The predicted octanol–water partition coefficient (Wildman–Crippen LogP) is 4.64. The second-order valence-electron chi connectivity index (χ2n) is 4.97. The van der Waals surface area contributed by atoms with Crippen molar-refractivity contribution in [3.8, 4) is 0 Å². The lowest BCUT2D eigenvalue weighted by molar-refractivity contribution is 0.102. The molecule has 2 aromatic rings. The Balaban J connectivity index is 2.22. The van der Waals surface area contributed by atoms with E-state index in [4.69, 9.17) is 11.6 Å². The first-order valence-electron chi connectivity index (χ1n) is 6.93. The zero-order valence-corrected chi connectivity index (χ0v) is 13.2. The highest BCUT2D eigenvalue weighted by Crippen LogP contribution is 2.22. The lowest BCUT2D eigenvalue weighted by atomic mass is 10.1. The number of nitrogens with one attached hydrogen (secondary N) is 2. The third kappa shape index (κ3) is 3.76. The van der Waals surface area contributed by atoms with Crippen molar-refractivity contribution in [2.45, 2.75) is 20.8 Å². The second kappa shape index (κ2) is 6.64. The van der Waals surface area contributed by atoms with Crippen LogP contribution in [0.1, 0.15) is 28.4 Å². The summed E-state index contributed by atoms with van der Waals surface area (Å²) in [5.41, 5.74) is 4.34. The molecule has 110 valence electrons. The van der Waals surface area contributed by atoms with E-state index < -0.39 is 0 Å². The van der Waals surface area contributed by atoms with Gasteiger partial charge in [-0.1, -0.05) is 17.7 Å². The quantitative estimate of drug-likeness (QED) is 0.863. The van der Waals surface area contributed by atoms with Crippen LogP contribution in [-0.2, 0) is 0 Å². The van der Waals surface area contributed by atoms with Gasteiger partial charge in [0, 0.05) is 28.5 Å². The molecule has 0 aliphatic rings. The van der Waals surface area contributed by atoms with E-state index in [0.717, 1.165) is 29.0 Å². The van der Waals surface area contributed by atoms with Crippen LogP contribution in [0, 0.1) is 13.8 Å². The number of hydrogen-bond donors (Lipinski definition) is 2. The molecule has 4 heteroatoms. The maximum absolute atomic E-state index is 12.4. The molecule has 2 rings (SSSR count). The van der Waals surface area contributed by atoms with Crippen molar-refractivity contribution < 1.29 is 4.79 Å². The van der Waals surface area contributed by atoms with E-state index in [2.05, 4.69) is 10.6 Å². The number of carbonyl (C=O) groups is 1. The Hall–Kier alpha value is -2.00. The first-order valence-corrected chi connectivity index (χ1v) is 7.31. The van der Waals surface area contributed by atoms with Crippen molar-refractivity contribution in [2.24, 2.45) is 0 Å². The highest BCUT2D eigenvalue weighted by atomic mass is 35.5. The molecule has 0 aliphatic heterocycles. The van der Waals surface area contributed by atoms with Gasteiger partial charge < -0.3 is 10.6 Å². The lowest BCUT2D eigenvalue weighted by Gasteiger charge is -2.12. The summed E-state index contributed by atoms with van der Waals surface area (Å²) in [6.45, 7) is 6.76. The summed E-state index contributed by atoms with van der Waals surface area (Å²) in [6.07, 6.45) is 0. The minimum absolute atomic E-state index is 0.124. The molecule has 0 aliphatic carbocycles. The molecule has 3 nitrogen and oxygen atoms in total. The Kier molecular flexibility index (Phi) is 4.86. The van der Waals surface area contributed by atoms with Gasteiger partial charge in [0.25, 0.3) is 5.91 Å². The highest BCUT2D eigenvalue weighted by molar-refractivity contribution is 6.31. The van der Waals surface area contributed by atoms with Gasteiger partial charge in [0.1, 0.15) is 0 Å². The minimum Gasteiger partial charge on any atom is -0.385 e. The molecular formula is C17H19ClN2O. The third-order valence-corrected chi connectivity index (χ3v) is 3.53. The van der Waals surface area contributed by atoms with Crippen molar-refractivity contribution in [1.82, 2.24) is 0 Å². The Morgan fingerprint density at radius 1 is 1.10 bits per heavy atom. The van der Waals surface area contributed by atoms with Crippen LogP contribution >= 0.6 is 11.6 Å². The van der Waals surface area contributed by atoms with Crippen molar-refractivity contribution in [3.05, 3.63) is 58.1 Å². The van der Waals surface area contributed by atoms with Crippen molar-refractivity contribution in [1.29, 1.82) is 0 Å². The molecule has 0 bridgehead atoms. The van der Waals surface area contributed by atoms with Crippen LogP contribution in [0.15, 0.2) is 36.4 Å². The SMILES string of the molecule is CCNc1ccc(C(=O)Nc2cc(Cl)ccc2C)c(C)c1. The van der Waals surface area contributed by atoms with Crippen molar-refractivity contribution in [3.63, 3.8) is 0 Å². The Bertz CT molecular complexity index is 668. The molecule has 2 N–H and O–H groups in total. The van der Waals surface area contributed by atoms with Crippen molar-refractivity contribution >= 4 is 28.9 Å². The normalized spacial score (nSPS) is 10.3. The van der Waals surface area contributed by atoms with E-state index >= 15 is 0 Å². The topological polar surface area (TPSA) is 41.1 Å². The summed E-state index contributed by atoms with van der Waals surface area (Å²) in [5, 5.41) is 6.75. The third-order valence-electron chi connectivity index (χ3n) is 3.30. The predicted molar refractivity (Wildman–Crippen MR) is 89.5 cm³/mol. The van der Waals surface area contributed by atoms with Gasteiger partial charge in [-0.05, 0) is 62.2 Å². The van der Waals surface area contributed by atoms with Gasteiger partial charge >= 0.3 is 0 Å². The zero-order valence-electron chi connectivity index (χ0n) is 12.5.